The van der Waals surface area contributed by atoms with E-state index >= 15 is 0 Å². The molecule has 4 nitrogen and oxygen atoms in total. The summed E-state index contributed by atoms with van der Waals surface area (Å²) < 4.78 is 0. The number of fused-ring (bicyclic) bond motifs is 1. The monoisotopic (exact) mass is 319 g/mol. The van der Waals surface area contributed by atoms with Gasteiger partial charge in [0.25, 0.3) is 0 Å². The van der Waals surface area contributed by atoms with Gasteiger partial charge in [0.15, 0.2) is 0 Å². The smallest absolute Gasteiger partial charge is 0.246 e. The molecule has 0 radical (unpaired) electrons. The van der Waals surface area contributed by atoms with Crippen molar-refractivity contribution in [2.75, 3.05) is 19.3 Å². The van der Waals surface area contributed by atoms with Crippen LogP contribution in [0.4, 0.5) is 5.82 Å². The number of aromatic nitrogens is 1. The molecule has 0 bridgehead atoms. The highest BCUT2D eigenvalue weighted by Crippen LogP contribution is 2.35. The third-order valence-electron chi connectivity index (χ3n) is 4.36. The van der Waals surface area contributed by atoms with Crippen molar-refractivity contribution < 1.29 is 4.79 Å². The van der Waals surface area contributed by atoms with Crippen molar-refractivity contribution in [3.63, 3.8) is 0 Å². The van der Waals surface area contributed by atoms with Crippen LogP contribution in [0.15, 0.2) is 71.0 Å². The van der Waals surface area contributed by atoms with Crippen LogP contribution in [0.2, 0.25) is 0 Å². The van der Waals surface area contributed by atoms with Crippen LogP contribution in [-0.4, -0.2) is 29.4 Å². The lowest BCUT2D eigenvalue weighted by Gasteiger charge is -2.17. The van der Waals surface area contributed by atoms with Gasteiger partial charge in [0, 0.05) is 25.9 Å². The number of pyridine rings is 1. The number of amides is 1. The van der Waals surface area contributed by atoms with Crippen LogP contribution in [0, 0.1) is 0 Å². The van der Waals surface area contributed by atoms with Crippen molar-refractivity contribution in [1.82, 2.24) is 9.88 Å². The van der Waals surface area contributed by atoms with Crippen LogP contribution in [-0.2, 0) is 4.79 Å². The van der Waals surface area contributed by atoms with E-state index < -0.39 is 0 Å². The van der Waals surface area contributed by atoms with Crippen molar-refractivity contribution in [1.29, 1.82) is 0 Å². The van der Waals surface area contributed by atoms with Crippen LogP contribution < -0.4 is 5.73 Å². The molecule has 0 aliphatic heterocycles. The fraction of sp³-hybridized carbons (Fsp3) is 0.200. The topological polar surface area (TPSA) is 59.2 Å². The molecule has 0 spiro atoms. The van der Waals surface area contributed by atoms with Crippen molar-refractivity contribution >= 4 is 17.8 Å². The number of hydrogen-bond donors (Lipinski definition) is 1. The molecule has 2 N–H and O–H groups in total. The standard InChI is InChI=1S/C20H21N3O/c1-14-17(11-16-5-3-4-6-18(14)16)13-23(2)20(24)10-8-15-7-9-19(21)22-12-15/h3-5,7-12H,6,13H2,1-2H3,(H2,21,22). The molecule has 122 valence electrons. The minimum Gasteiger partial charge on any atom is -0.384 e. The molecular weight excluding hydrogens is 298 g/mol. The molecule has 2 aliphatic carbocycles. The highest BCUT2D eigenvalue weighted by molar-refractivity contribution is 5.91. The number of anilines is 1. The fourth-order valence-corrected chi connectivity index (χ4v) is 2.88. The first kappa shape index (κ1) is 16.0. The average Bonchev–Trinajstić information content (AvgIpc) is 2.90. The predicted molar refractivity (Wildman–Crippen MR) is 97.9 cm³/mol. The summed E-state index contributed by atoms with van der Waals surface area (Å²) in [6.45, 7) is 2.74. The molecule has 4 heteroatoms. The van der Waals surface area contributed by atoms with Crippen LogP contribution in [0.1, 0.15) is 18.9 Å². The Hall–Kier alpha value is -2.88. The predicted octanol–water partition coefficient (Wildman–Crippen LogP) is 3.28. The van der Waals surface area contributed by atoms with E-state index in [9.17, 15) is 4.79 Å². The van der Waals surface area contributed by atoms with Crippen LogP contribution in [0.3, 0.4) is 0 Å². The van der Waals surface area contributed by atoms with E-state index in [1.165, 1.54) is 22.3 Å². The van der Waals surface area contributed by atoms with Gasteiger partial charge in [-0.1, -0.05) is 18.2 Å². The second kappa shape index (κ2) is 6.71. The molecule has 1 amide bonds. The molecule has 0 aromatic carbocycles. The number of nitrogens with zero attached hydrogens (tertiary/aromatic N) is 2. The number of likely N-dealkylation sites (N-methyl/N-ethyl adjacent to an activating group) is 1. The summed E-state index contributed by atoms with van der Waals surface area (Å²) in [5.41, 5.74) is 11.5. The molecule has 0 saturated heterocycles. The zero-order chi connectivity index (χ0) is 17.1. The van der Waals surface area contributed by atoms with Crippen LogP contribution >= 0.6 is 0 Å². The number of carbonyl (C=O) groups is 1. The van der Waals surface area contributed by atoms with E-state index in [2.05, 4.69) is 36.2 Å². The molecule has 0 saturated carbocycles. The van der Waals surface area contributed by atoms with E-state index in [1.54, 1.807) is 29.3 Å². The molecule has 0 fully saturated rings. The normalized spacial score (nSPS) is 16.2. The number of nitrogens with two attached hydrogens (primary N) is 1. The minimum absolute atomic E-state index is 0.0347. The zero-order valence-electron chi connectivity index (χ0n) is 14.0. The molecule has 1 aromatic heterocycles. The summed E-state index contributed by atoms with van der Waals surface area (Å²) >= 11 is 0. The van der Waals surface area contributed by atoms with Crippen LogP contribution in [0.5, 0.6) is 0 Å². The van der Waals surface area contributed by atoms with E-state index in [-0.39, 0.29) is 5.91 Å². The Balaban J connectivity index is 1.65. The maximum atomic E-state index is 12.3. The summed E-state index contributed by atoms with van der Waals surface area (Å²) in [4.78, 5) is 18.1. The Labute approximate surface area is 142 Å². The van der Waals surface area contributed by atoms with E-state index in [0.29, 0.717) is 12.4 Å². The van der Waals surface area contributed by atoms with E-state index in [4.69, 9.17) is 5.73 Å². The number of nitrogen functional groups attached to an aromatic ring is 1. The Morgan fingerprint density at radius 1 is 1.42 bits per heavy atom. The van der Waals surface area contributed by atoms with Gasteiger partial charge in [0.2, 0.25) is 5.91 Å². The minimum atomic E-state index is -0.0347. The third-order valence-corrected chi connectivity index (χ3v) is 4.36. The molecule has 0 atom stereocenters. The number of carbonyl (C=O) groups excluding carboxylic acids is 1. The van der Waals surface area contributed by atoms with Gasteiger partial charge in [-0.3, -0.25) is 4.79 Å². The zero-order valence-corrected chi connectivity index (χ0v) is 14.0. The maximum absolute atomic E-state index is 12.3. The van der Waals surface area contributed by atoms with Crippen molar-refractivity contribution in [3.05, 3.63) is 76.6 Å². The second-order valence-electron chi connectivity index (χ2n) is 6.07. The van der Waals surface area contributed by atoms with Crippen LogP contribution in [0.25, 0.3) is 6.08 Å². The first-order valence-electron chi connectivity index (χ1n) is 7.97. The summed E-state index contributed by atoms with van der Waals surface area (Å²) in [7, 11) is 1.82. The quantitative estimate of drug-likeness (QED) is 0.867. The van der Waals surface area contributed by atoms with Gasteiger partial charge in [-0.2, -0.15) is 0 Å². The Morgan fingerprint density at radius 3 is 2.96 bits per heavy atom. The lowest BCUT2D eigenvalue weighted by molar-refractivity contribution is -0.124. The van der Waals surface area contributed by atoms with E-state index in [1.807, 2.05) is 13.1 Å². The largest absolute Gasteiger partial charge is 0.384 e. The SMILES string of the molecule is CC1=C2CC=CC=C2C=C1CN(C)C(=O)C=Cc1ccc(N)nc1. The molecule has 0 unspecified atom stereocenters. The molecule has 1 heterocycles. The summed E-state index contributed by atoms with van der Waals surface area (Å²) in [5.74, 6) is 0.435. The van der Waals surface area contributed by atoms with Gasteiger partial charge in [-0.15, -0.1) is 0 Å². The Morgan fingerprint density at radius 2 is 2.25 bits per heavy atom. The number of rotatable bonds is 4. The van der Waals surface area contributed by atoms with Crippen molar-refractivity contribution in [2.24, 2.45) is 0 Å². The van der Waals surface area contributed by atoms with Gasteiger partial charge >= 0.3 is 0 Å². The highest BCUT2D eigenvalue weighted by atomic mass is 16.2. The first-order valence-corrected chi connectivity index (χ1v) is 7.97. The second-order valence-corrected chi connectivity index (χ2v) is 6.07. The van der Waals surface area contributed by atoms with Gasteiger partial charge in [-0.25, -0.2) is 4.98 Å². The summed E-state index contributed by atoms with van der Waals surface area (Å²) in [6, 6.07) is 3.56. The highest BCUT2D eigenvalue weighted by Gasteiger charge is 2.20. The first-order chi connectivity index (χ1) is 11.5. The van der Waals surface area contributed by atoms with Crippen molar-refractivity contribution in [2.45, 2.75) is 13.3 Å². The number of hydrogen-bond acceptors (Lipinski definition) is 3. The van der Waals surface area contributed by atoms with Gasteiger partial charge in [-0.05, 0) is 65.5 Å². The molecular formula is C20H21N3O. The van der Waals surface area contributed by atoms with Gasteiger partial charge in [0.1, 0.15) is 5.82 Å². The maximum Gasteiger partial charge on any atom is 0.246 e. The molecule has 2 aliphatic rings. The fourth-order valence-electron chi connectivity index (χ4n) is 2.88. The lowest BCUT2D eigenvalue weighted by Crippen LogP contribution is -2.27. The Bertz CT molecular complexity index is 808. The molecule has 1 aromatic rings. The lowest BCUT2D eigenvalue weighted by atomic mass is 9.98. The molecule has 24 heavy (non-hydrogen) atoms. The summed E-state index contributed by atoms with van der Waals surface area (Å²) in [6.07, 6.45) is 14.5. The average molecular weight is 319 g/mol. The van der Waals surface area contributed by atoms with Gasteiger partial charge < -0.3 is 10.6 Å². The van der Waals surface area contributed by atoms with Crippen molar-refractivity contribution in [3.8, 4) is 0 Å². The molecule has 3 rings (SSSR count). The third kappa shape index (κ3) is 3.38. The van der Waals surface area contributed by atoms with E-state index in [0.717, 1.165) is 12.0 Å². The summed E-state index contributed by atoms with van der Waals surface area (Å²) in [5, 5.41) is 0. The number of allylic oxidation sites excluding steroid dienone is 6. The van der Waals surface area contributed by atoms with Gasteiger partial charge in [0.05, 0.1) is 0 Å². The Kier molecular flexibility index (Phi) is 4.47.